The second kappa shape index (κ2) is 7.49. The molecular formula is C20H25NO2. The summed E-state index contributed by atoms with van der Waals surface area (Å²) in [5, 5.41) is 1.11. The third-order valence-electron chi connectivity index (χ3n) is 4.67. The van der Waals surface area contributed by atoms with Crippen molar-refractivity contribution in [1.82, 2.24) is 4.98 Å². The summed E-state index contributed by atoms with van der Waals surface area (Å²) in [4.78, 5) is 15.5. The molecule has 1 aromatic carbocycles. The van der Waals surface area contributed by atoms with Crippen LogP contribution in [0.5, 0.6) is 0 Å². The number of hydrogen-bond donors (Lipinski definition) is 1. The van der Waals surface area contributed by atoms with Gasteiger partial charge in [0.1, 0.15) is 5.69 Å². The monoisotopic (exact) mass is 311 g/mol. The van der Waals surface area contributed by atoms with Crippen molar-refractivity contribution in [2.45, 2.75) is 45.4 Å². The number of allylic oxidation sites excluding steroid dienone is 2. The molecule has 0 radical (unpaired) electrons. The van der Waals surface area contributed by atoms with Gasteiger partial charge in [-0.1, -0.05) is 49.6 Å². The summed E-state index contributed by atoms with van der Waals surface area (Å²) in [6.45, 7) is 2.23. The molecule has 1 heterocycles. The Morgan fingerprint density at radius 3 is 2.83 bits per heavy atom. The number of para-hydroxylation sites is 1. The van der Waals surface area contributed by atoms with Crippen LogP contribution in [0, 0.1) is 5.92 Å². The number of aromatic amines is 1. The van der Waals surface area contributed by atoms with Crippen LogP contribution in [0.4, 0.5) is 0 Å². The van der Waals surface area contributed by atoms with Gasteiger partial charge in [-0.05, 0) is 43.7 Å². The van der Waals surface area contributed by atoms with Gasteiger partial charge in [0, 0.05) is 10.9 Å². The average Bonchev–Trinajstić information content (AvgIpc) is 2.95. The number of aromatic nitrogens is 1. The van der Waals surface area contributed by atoms with Gasteiger partial charge < -0.3 is 9.72 Å². The molecule has 2 aromatic rings. The minimum absolute atomic E-state index is 0.259. The van der Waals surface area contributed by atoms with Crippen LogP contribution in [-0.2, 0) is 11.2 Å². The molecule has 1 aliphatic carbocycles. The molecule has 0 amide bonds. The van der Waals surface area contributed by atoms with E-state index in [1.54, 1.807) is 0 Å². The molecule has 1 fully saturated rings. The lowest BCUT2D eigenvalue weighted by atomic mass is 9.89. The number of hydrogen-bond acceptors (Lipinski definition) is 2. The molecule has 3 nitrogen and oxygen atoms in total. The Hall–Kier alpha value is -2.03. The standard InChI is InChI=1S/C20H25NO2/c1-2-23-20(22)19-17(16-12-6-7-14-18(16)21-19)13-8-11-15-9-4-3-5-10-15/h6-8,11-12,14-15,21H,2-5,9-10,13H2,1H3/b11-8+. The van der Waals surface area contributed by atoms with Crippen molar-refractivity contribution in [1.29, 1.82) is 0 Å². The van der Waals surface area contributed by atoms with Gasteiger partial charge in [0.25, 0.3) is 0 Å². The summed E-state index contributed by atoms with van der Waals surface area (Å²) in [7, 11) is 0. The zero-order valence-electron chi connectivity index (χ0n) is 13.8. The van der Waals surface area contributed by atoms with Gasteiger partial charge in [-0.15, -0.1) is 0 Å². The maximum atomic E-state index is 12.2. The number of nitrogens with one attached hydrogen (secondary N) is 1. The number of carbonyl (C=O) groups is 1. The zero-order chi connectivity index (χ0) is 16.1. The van der Waals surface area contributed by atoms with E-state index in [1.165, 1.54) is 32.1 Å². The average molecular weight is 311 g/mol. The first-order chi connectivity index (χ1) is 11.3. The van der Waals surface area contributed by atoms with Crippen molar-refractivity contribution in [3.63, 3.8) is 0 Å². The molecule has 122 valence electrons. The molecule has 3 heteroatoms. The highest BCUT2D eigenvalue weighted by molar-refractivity contribution is 5.98. The first kappa shape index (κ1) is 15.9. The number of ether oxygens (including phenoxy) is 1. The maximum absolute atomic E-state index is 12.2. The molecule has 0 bridgehead atoms. The lowest BCUT2D eigenvalue weighted by molar-refractivity contribution is 0.0519. The number of rotatable bonds is 5. The van der Waals surface area contributed by atoms with E-state index in [0.717, 1.165) is 22.9 Å². The molecular weight excluding hydrogens is 286 g/mol. The number of carbonyl (C=O) groups excluding carboxylic acids is 1. The molecule has 3 rings (SSSR count). The molecule has 1 saturated carbocycles. The van der Waals surface area contributed by atoms with Gasteiger partial charge in [0.2, 0.25) is 0 Å². The summed E-state index contributed by atoms with van der Waals surface area (Å²) in [5.41, 5.74) is 2.64. The van der Waals surface area contributed by atoms with Crippen molar-refractivity contribution in [3.05, 3.63) is 47.7 Å². The smallest absolute Gasteiger partial charge is 0.355 e. The number of H-pyrrole nitrogens is 1. The van der Waals surface area contributed by atoms with E-state index in [-0.39, 0.29) is 5.97 Å². The predicted molar refractivity (Wildman–Crippen MR) is 93.7 cm³/mol. The Kier molecular flexibility index (Phi) is 5.16. The fourth-order valence-corrected chi connectivity index (χ4v) is 3.49. The Balaban J connectivity index is 1.83. The van der Waals surface area contributed by atoms with E-state index in [0.29, 0.717) is 18.2 Å². The Bertz CT molecular complexity index is 693. The van der Waals surface area contributed by atoms with Crippen molar-refractivity contribution >= 4 is 16.9 Å². The first-order valence-corrected chi connectivity index (χ1v) is 8.73. The Morgan fingerprint density at radius 2 is 2.04 bits per heavy atom. The van der Waals surface area contributed by atoms with Crippen LogP contribution in [0.3, 0.4) is 0 Å². The third kappa shape index (κ3) is 3.66. The van der Waals surface area contributed by atoms with E-state index in [2.05, 4.69) is 23.2 Å². The molecule has 0 saturated heterocycles. The number of fused-ring (bicyclic) bond motifs is 1. The van der Waals surface area contributed by atoms with E-state index in [4.69, 9.17) is 4.74 Å². The molecule has 0 spiro atoms. The minimum atomic E-state index is -0.259. The predicted octanol–water partition coefficient (Wildman–Crippen LogP) is 5.02. The van der Waals surface area contributed by atoms with Gasteiger partial charge in [-0.25, -0.2) is 4.79 Å². The lowest BCUT2D eigenvalue weighted by Gasteiger charge is -2.17. The largest absolute Gasteiger partial charge is 0.461 e. The molecule has 0 atom stereocenters. The third-order valence-corrected chi connectivity index (χ3v) is 4.67. The van der Waals surface area contributed by atoms with Gasteiger partial charge in [0.05, 0.1) is 6.61 Å². The zero-order valence-corrected chi connectivity index (χ0v) is 13.8. The topological polar surface area (TPSA) is 42.1 Å². The highest BCUT2D eigenvalue weighted by Crippen LogP contribution is 2.27. The van der Waals surface area contributed by atoms with Gasteiger partial charge in [-0.3, -0.25) is 0 Å². The normalized spacial score (nSPS) is 16.2. The molecule has 1 N–H and O–H groups in total. The van der Waals surface area contributed by atoms with Crippen LogP contribution in [0.1, 0.15) is 55.1 Å². The van der Waals surface area contributed by atoms with Crippen molar-refractivity contribution in [2.75, 3.05) is 6.61 Å². The van der Waals surface area contributed by atoms with Crippen LogP contribution >= 0.6 is 0 Å². The fraction of sp³-hybridized carbons (Fsp3) is 0.450. The SMILES string of the molecule is CCOC(=O)c1[nH]c2ccccc2c1C/C=C/C1CCCCC1. The van der Waals surface area contributed by atoms with Gasteiger partial charge in [0.15, 0.2) is 0 Å². The van der Waals surface area contributed by atoms with Crippen LogP contribution in [0.2, 0.25) is 0 Å². The summed E-state index contributed by atoms with van der Waals surface area (Å²) in [5.74, 6) is 0.449. The van der Waals surface area contributed by atoms with Crippen LogP contribution in [-0.4, -0.2) is 17.6 Å². The van der Waals surface area contributed by atoms with Crippen LogP contribution < -0.4 is 0 Å². The lowest BCUT2D eigenvalue weighted by Crippen LogP contribution is -2.08. The Morgan fingerprint density at radius 1 is 1.26 bits per heavy atom. The first-order valence-electron chi connectivity index (χ1n) is 8.73. The Labute approximate surface area is 137 Å². The molecule has 0 aliphatic heterocycles. The van der Waals surface area contributed by atoms with Gasteiger partial charge in [-0.2, -0.15) is 0 Å². The van der Waals surface area contributed by atoms with E-state index in [9.17, 15) is 4.79 Å². The van der Waals surface area contributed by atoms with E-state index in [1.807, 2.05) is 25.1 Å². The summed E-state index contributed by atoms with van der Waals surface area (Å²) < 4.78 is 5.20. The van der Waals surface area contributed by atoms with Crippen molar-refractivity contribution in [3.8, 4) is 0 Å². The fourth-order valence-electron chi connectivity index (χ4n) is 3.49. The summed E-state index contributed by atoms with van der Waals surface area (Å²) in [6, 6.07) is 8.07. The quantitative estimate of drug-likeness (QED) is 0.622. The highest BCUT2D eigenvalue weighted by atomic mass is 16.5. The highest BCUT2D eigenvalue weighted by Gasteiger charge is 2.18. The van der Waals surface area contributed by atoms with Crippen molar-refractivity contribution in [2.24, 2.45) is 5.92 Å². The van der Waals surface area contributed by atoms with E-state index < -0.39 is 0 Å². The molecule has 0 unspecified atom stereocenters. The molecule has 1 aliphatic rings. The summed E-state index contributed by atoms with van der Waals surface area (Å²) >= 11 is 0. The van der Waals surface area contributed by atoms with Crippen LogP contribution in [0.25, 0.3) is 10.9 Å². The molecule has 1 aromatic heterocycles. The van der Waals surface area contributed by atoms with E-state index >= 15 is 0 Å². The second-order valence-electron chi connectivity index (χ2n) is 6.27. The number of benzene rings is 1. The summed E-state index contributed by atoms with van der Waals surface area (Å²) in [6.07, 6.45) is 12.0. The van der Waals surface area contributed by atoms with Crippen molar-refractivity contribution < 1.29 is 9.53 Å². The van der Waals surface area contributed by atoms with Crippen LogP contribution in [0.15, 0.2) is 36.4 Å². The maximum Gasteiger partial charge on any atom is 0.355 e. The second-order valence-corrected chi connectivity index (χ2v) is 6.27. The minimum Gasteiger partial charge on any atom is -0.461 e. The van der Waals surface area contributed by atoms with Gasteiger partial charge >= 0.3 is 5.97 Å². The molecule has 23 heavy (non-hydrogen) atoms. The number of esters is 1.